The van der Waals surface area contributed by atoms with Crippen LogP contribution in [-0.4, -0.2) is 45.8 Å². The van der Waals surface area contributed by atoms with Crippen molar-refractivity contribution in [3.05, 3.63) is 0 Å². The number of nitrogens with one attached hydrogen (secondary N) is 3. The van der Waals surface area contributed by atoms with Crippen LogP contribution in [0.5, 0.6) is 0 Å². The van der Waals surface area contributed by atoms with E-state index in [0.29, 0.717) is 6.54 Å². The van der Waals surface area contributed by atoms with Crippen LogP contribution in [0.2, 0.25) is 0 Å². The van der Waals surface area contributed by atoms with Gasteiger partial charge in [-0.25, -0.2) is 13.1 Å². The van der Waals surface area contributed by atoms with Gasteiger partial charge in [-0.2, -0.15) is 0 Å². The Labute approximate surface area is 89.9 Å². The Hall–Kier alpha value is -0.660. The lowest BCUT2D eigenvalue weighted by Gasteiger charge is -2.26. The average molecular weight is 235 g/mol. The van der Waals surface area contributed by atoms with Crippen LogP contribution in [0.15, 0.2) is 0 Å². The predicted molar refractivity (Wildman–Crippen MR) is 56.9 cm³/mol. The highest BCUT2D eigenvalue weighted by Crippen LogP contribution is 2.00. The minimum Gasteiger partial charge on any atom is -0.353 e. The zero-order chi connectivity index (χ0) is 11.3. The second kappa shape index (κ2) is 5.43. The molecule has 1 heterocycles. The van der Waals surface area contributed by atoms with Gasteiger partial charge in [0.1, 0.15) is 0 Å². The van der Waals surface area contributed by atoms with E-state index < -0.39 is 10.0 Å². The van der Waals surface area contributed by atoms with Crippen LogP contribution in [0.25, 0.3) is 0 Å². The molecule has 0 saturated carbocycles. The Morgan fingerprint density at radius 2 is 2.13 bits per heavy atom. The molecular weight excluding hydrogens is 218 g/mol. The number of carbonyl (C=O) groups excluding carboxylic acids is 1. The Bertz CT molecular complexity index is 311. The lowest BCUT2D eigenvalue weighted by atomic mass is 10.1. The molecule has 1 fully saturated rings. The Kier molecular flexibility index (Phi) is 4.49. The molecule has 0 aliphatic carbocycles. The summed E-state index contributed by atoms with van der Waals surface area (Å²) in [5.41, 5.74) is 0. The van der Waals surface area contributed by atoms with E-state index in [0.717, 1.165) is 13.0 Å². The maximum atomic E-state index is 11.3. The Balaban J connectivity index is 2.08. The molecular formula is C8H17N3O3S. The van der Waals surface area contributed by atoms with E-state index in [4.69, 9.17) is 0 Å². The first-order valence-electron chi connectivity index (χ1n) is 5.03. The van der Waals surface area contributed by atoms with Gasteiger partial charge in [0.05, 0.1) is 11.8 Å². The van der Waals surface area contributed by atoms with Crippen molar-refractivity contribution in [2.24, 2.45) is 0 Å². The molecule has 6 nitrogen and oxygen atoms in total. The number of hydrogen-bond acceptors (Lipinski definition) is 4. The van der Waals surface area contributed by atoms with Crippen LogP contribution >= 0.6 is 0 Å². The summed E-state index contributed by atoms with van der Waals surface area (Å²) in [5.74, 6) is 0.00226. The number of hydrogen-bond donors (Lipinski definition) is 3. The minimum absolute atomic E-state index is 0.0584. The number of sulfonamides is 1. The van der Waals surface area contributed by atoms with Gasteiger partial charge in [-0.15, -0.1) is 0 Å². The third-order valence-electron chi connectivity index (χ3n) is 2.27. The Morgan fingerprint density at radius 3 is 2.60 bits per heavy atom. The molecule has 7 heteroatoms. The first-order chi connectivity index (χ1) is 7.05. The largest absolute Gasteiger partial charge is 0.353 e. The van der Waals surface area contributed by atoms with Crippen LogP contribution in [0.3, 0.4) is 0 Å². The fourth-order valence-electron chi connectivity index (χ4n) is 1.13. The summed E-state index contributed by atoms with van der Waals surface area (Å²) in [6.07, 6.45) is 0.854. The molecule has 1 aliphatic heterocycles. The Morgan fingerprint density at radius 1 is 1.47 bits per heavy atom. The van der Waals surface area contributed by atoms with Crippen molar-refractivity contribution in [1.82, 2.24) is 15.4 Å². The third-order valence-corrected chi connectivity index (χ3v) is 3.67. The summed E-state index contributed by atoms with van der Waals surface area (Å²) in [7, 11) is -3.15. The molecule has 0 spiro atoms. The van der Waals surface area contributed by atoms with E-state index in [2.05, 4.69) is 15.4 Å². The molecule has 0 aromatic rings. The van der Waals surface area contributed by atoms with Crippen LogP contribution in [-0.2, 0) is 14.8 Å². The van der Waals surface area contributed by atoms with Crippen molar-refractivity contribution in [3.8, 4) is 0 Å². The summed E-state index contributed by atoms with van der Waals surface area (Å²) >= 11 is 0. The van der Waals surface area contributed by atoms with Gasteiger partial charge < -0.3 is 10.6 Å². The van der Waals surface area contributed by atoms with Crippen molar-refractivity contribution in [1.29, 1.82) is 0 Å². The lowest BCUT2D eigenvalue weighted by molar-refractivity contribution is -0.124. The molecule has 0 aromatic carbocycles. The lowest BCUT2D eigenvalue weighted by Crippen LogP contribution is -2.54. The van der Waals surface area contributed by atoms with Crippen molar-refractivity contribution < 1.29 is 13.2 Å². The van der Waals surface area contributed by atoms with Gasteiger partial charge in [0.2, 0.25) is 15.9 Å². The molecule has 15 heavy (non-hydrogen) atoms. The molecule has 0 aromatic heterocycles. The van der Waals surface area contributed by atoms with Crippen molar-refractivity contribution >= 4 is 15.9 Å². The molecule has 1 rings (SSSR count). The topological polar surface area (TPSA) is 87.3 Å². The molecule has 88 valence electrons. The van der Waals surface area contributed by atoms with Crippen LogP contribution in [0.1, 0.15) is 13.3 Å². The highest BCUT2D eigenvalue weighted by molar-refractivity contribution is 7.89. The molecule has 0 radical (unpaired) electrons. The SMILES string of the molecule is CCS(=O)(=O)NCCNC(=O)[C@H]1CCN1. The van der Waals surface area contributed by atoms with E-state index >= 15 is 0 Å². The maximum absolute atomic E-state index is 11.3. The summed E-state index contributed by atoms with van der Waals surface area (Å²) in [4.78, 5) is 11.3. The molecule has 0 unspecified atom stereocenters. The fraction of sp³-hybridized carbons (Fsp3) is 0.875. The monoisotopic (exact) mass is 235 g/mol. The second-order valence-electron chi connectivity index (χ2n) is 3.38. The van der Waals surface area contributed by atoms with Gasteiger partial charge in [-0.1, -0.05) is 0 Å². The van der Waals surface area contributed by atoms with Gasteiger partial charge in [-0.05, 0) is 19.9 Å². The zero-order valence-corrected chi connectivity index (χ0v) is 9.56. The summed E-state index contributed by atoms with van der Waals surface area (Å²) < 4.78 is 24.4. The quantitative estimate of drug-likeness (QED) is 0.484. The molecule has 1 saturated heterocycles. The first-order valence-corrected chi connectivity index (χ1v) is 6.69. The molecule has 0 bridgehead atoms. The standard InChI is InChI=1S/C8H17N3O3S/c1-2-15(13,14)11-6-5-10-8(12)7-3-4-9-7/h7,9,11H,2-6H2,1H3,(H,10,12)/t7-/m1/s1. The smallest absolute Gasteiger partial charge is 0.237 e. The van der Waals surface area contributed by atoms with Crippen LogP contribution in [0.4, 0.5) is 0 Å². The van der Waals surface area contributed by atoms with Crippen LogP contribution in [0, 0.1) is 0 Å². The highest BCUT2D eigenvalue weighted by Gasteiger charge is 2.23. The first kappa shape index (κ1) is 12.4. The number of rotatable bonds is 6. The van der Waals surface area contributed by atoms with Crippen molar-refractivity contribution in [3.63, 3.8) is 0 Å². The molecule has 1 aliphatic rings. The third kappa shape index (κ3) is 4.15. The predicted octanol–water partition coefficient (Wildman–Crippen LogP) is -1.60. The zero-order valence-electron chi connectivity index (χ0n) is 8.75. The van der Waals surface area contributed by atoms with E-state index in [-0.39, 0.29) is 24.2 Å². The second-order valence-corrected chi connectivity index (χ2v) is 5.48. The normalized spacial score (nSPS) is 20.7. The summed E-state index contributed by atoms with van der Waals surface area (Å²) in [5, 5.41) is 5.62. The fourth-order valence-corrected chi connectivity index (χ4v) is 1.75. The van der Waals surface area contributed by atoms with Crippen molar-refractivity contribution in [2.45, 2.75) is 19.4 Å². The summed E-state index contributed by atoms with van der Waals surface area (Å²) in [6, 6.07) is -0.0900. The molecule has 1 atom stereocenters. The highest BCUT2D eigenvalue weighted by atomic mass is 32.2. The summed E-state index contributed by atoms with van der Waals surface area (Å²) in [6.45, 7) is 3.02. The maximum Gasteiger partial charge on any atom is 0.237 e. The van der Waals surface area contributed by atoms with Crippen molar-refractivity contribution in [2.75, 3.05) is 25.4 Å². The average Bonchev–Trinajstić information content (AvgIpc) is 2.10. The van der Waals surface area contributed by atoms with Gasteiger partial charge >= 0.3 is 0 Å². The van der Waals surface area contributed by atoms with Crippen LogP contribution < -0.4 is 15.4 Å². The molecule has 1 amide bonds. The number of carbonyl (C=O) groups is 1. The number of amides is 1. The van der Waals surface area contributed by atoms with Gasteiger partial charge in [0.15, 0.2) is 0 Å². The van der Waals surface area contributed by atoms with E-state index in [1.54, 1.807) is 6.92 Å². The van der Waals surface area contributed by atoms with E-state index in [1.807, 2.05) is 0 Å². The van der Waals surface area contributed by atoms with Gasteiger partial charge in [0, 0.05) is 13.1 Å². The molecule has 3 N–H and O–H groups in total. The van der Waals surface area contributed by atoms with Gasteiger partial charge in [-0.3, -0.25) is 4.79 Å². The van der Waals surface area contributed by atoms with E-state index in [9.17, 15) is 13.2 Å². The van der Waals surface area contributed by atoms with E-state index in [1.165, 1.54) is 0 Å². The van der Waals surface area contributed by atoms with Gasteiger partial charge in [0.25, 0.3) is 0 Å². The minimum atomic E-state index is -3.15.